The van der Waals surface area contributed by atoms with Gasteiger partial charge in [-0.05, 0) is 19.1 Å². The number of hydrogen-bond acceptors (Lipinski definition) is 15. The van der Waals surface area contributed by atoms with Crippen LogP contribution >= 0.6 is 46.4 Å². The number of carbonyl (C=O) groups excluding carboxylic acids is 2. The molecule has 0 bridgehead atoms. The number of methoxy groups -OCH3 is 1. The van der Waals surface area contributed by atoms with Crippen LogP contribution in [0.2, 0.25) is 0 Å². The van der Waals surface area contributed by atoms with E-state index in [0.29, 0.717) is 15.0 Å². The van der Waals surface area contributed by atoms with E-state index in [1.807, 2.05) is 17.5 Å². The molecule has 5 heterocycles. The van der Waals surface area contributed by atoms with Crippen LogP contribution in [0.15, 0.2) is 55.0 Å². The van der Waals surface area contributed by atoms with Gasteiger partial charge >= 0.3 is 5.97 Å². The summed E-state index contributed by atoms with van der Waals surface area (Å²) in [6, 6.07) is 2.69. The minimum Gasteiger partial charge on any atom is -0.486 e. The van der Waals surface area contributed by atoms with Crippen LogP contribution in [0.3, 0.4) is 0 Å². The van der Waals surface area contributed by atoms with Gasteiger partial charge in [0.2, 0.25) is 16.7 Å². The number of carboxylic acid groups (broad SMARTS) is 1. The predicted octanol–water partition coefficient (Wildman–Crippen LogP) is 2.59. The Morgan fingerprint density at radius 1 is 1.32 bits per heavy atom. The van der Waals surface area contributed by atoms with Crippen molar-refractivity contribution in [2.45, 2.75) is 22.7 Å². The molecule has 2 atom stereocenters. The third kappa shape index (κ3) is 6.09. The summed E-state index contributed by atoms with van der Waals surface area (Å²) in [7, 11) is 1.43. The molecule has 212 valence electrons. The molecule has 41 heavy (non-hydrogen) atoms. The molecular formula is C23H20N8O6S4. The van der Waals surface area contributed by atoms with Gasteiger partial charge in [0.15, 0.2) is 10.7 Å². The highest BCUT2D eigenvalue weighted by atomic mass is 32.2. The highest BCUT2D eigenvalue weighted by Crippen LogP contribution is 2.46. The molecular weight excluding hydrogens is 613 g/mol. The third-order valence-electron chi connectivity index (χ3n) is 5.49. The average molecular weight is 633 g/mol. The van der Waals surface area contributed by atoms with E-state index in [9.17, 15) is 19.5 Å². The number of aliphatic imine (C=N–C) groups is 1. The van der Waals surface area contributed by atoms with Gasteiger partial charge in [-0.15, -0.1) is 23.1 Å². The largest absolute Gasteiger partial charge is 0.486 e. The first kappa shape index (κ1) is 28.7. The standard InChI is InChI=1S/C23H20N8O6S4/c1-3-37-29-14(17-28-22(41-30-17)25-10-36-2)18(32)27-15-19(33)31-16(21(34)35)13(9-38-20(15)31)40-23-26-12(8-39-23)11-4-6-24-7-5-11/h4-8,10,15,20H,3,9H2,1-2H3,(H,27,32)(H,34,35)/b25-10?,29-14-/t15-,20-/m1/s1. The topological polar surface area (TPSA) is 181 Å². The van der Waals surface area contributed by atoms with E-state index in [4.69, 9.17) is 9.57 Å². The lowest BCUT2D eigenvalue weighted by molar-refractivity contribution is -0.150. The van der Waals surface area contributed by atoms with Gasteiger partial charge in [-0.2, -0.15) is 14.3 Å². The maximum Gasteiger partial charge on any atom is 0.353 e. The van der Waals surface area contributed by atoms with Gasteiger partial charge in [-0.1, -0.05) is 16.9 Å². The second-order valence-corrected chi connectivity index (χ2v) is 12.0. The van der Waals surface area contributed by atoms with Crippen molar-refractivity contribution in [2.24, 2.45) is 10.1 Å². The number of pyridine rings is 1. The predicted molar refractivity (Wildman–Crippen MR) is 154 cm³/mol. The van der Waals surface area contributed by atoms with Crippen LogP contribution < -0.4 is 5.32 Å². The lowest BCUT2D eigenvalue weighted by Gasteiger charge is -2.49. The molecule has 3 aromatic heterocycles. The van der Waals surface area contributed by atoms with Crippen LogP contribution in [0.4, 0.5) is 5.13 Å². The number of aliphatic carboxylic acids is 1. The van der Waals surface area contributed by atoms with Gasteiger partial charge in [-0.3, -0.25) is 19.5 Å². The van der Waals surface area contributed by atoms with Crippen LogP contribution in [-0.4, -0.2) is 90.1 Å². The van der Waals surface area contributed by atoms with Crippen LogP contribution in [0.25, 0.3) is 11.3 Å². The number of oxime groups is 1. The quantitative estimate of drug-likeness (QED) is 0.137. The summed E-state index contributed by atoms with van der Waals surface area (Å²) in [5, 5.41) is 18.0. The Bertz CT molecular complexity index is 1560. The van der Waals surface area contributed by atoms with Gasteiger partial charge in [0.1, 0.15) is 23.7 Å². The zero-order valence-corrected chi connectivity index (χ0v) is 24.6. The molecule has 2 aliphatic heterocycles. The van der Waals surface area contributed by atoms with Crippen LogP contribution in [0.5, 0.6) is 0 Å². The first-order valence-electron chi connectivity index (χ1n) is 11.8. The van der Waals surface area contributed by atoms with E-state index in [1.54, 1.807) is 19.3 Å². The highest BCUT2D eigenvalue weighted by molar-refractivity contribution is 8.07. The summed E-state index contributed by atoms with van der Waals surface area (Å²) in [4.78, 5) is 62.0. The Labute approximate surface area is 249 Å². The number of thioether (sulfide) groups is 2. The van der Waals surface area contributed by atoms with Crippen molar-refractivity contribution in [1.82, 2.24) is 29.5 Å². The molecule has 0 saturated carbocycles. The Balaban J connectivity index is 1.32. The zero-order valence-electron chi connectivity index (χ0n) is 21.3. The van der Waals surface area contributed by atoms with E-state index in [-0.39, 0.29) is 29.0 Å². The molecule has 2 N–H and O–H groups in total. The number of aromatic nitrogens is 4. The fraction of sp³-hybridized carbons (Fsp3) is 0.261. The van der Waals surface area contributed by atoms with Crippen molar-refractivity contribution in [3.05, 3.63) is 46.3 Å². The van der Waals surface area contributed by atoms with Gasteiger partial charge in [0.05, 0.1) is 12.8 Å². The molecule has 0 spiro atoms. The molecule has 3 aromatic rings. The Morgan fingerprint density at radius 3 is 2.85 bits per heavy atom. The molecule has 0 aromatic carbocycles. The summed E-state index contributed by atoms with van der Waals surface area (Å²) in [5.74, 6) is -2.27. The number of β-lactam (4-membered cyclic amide) rings is 1. The maximum absolute atomic E-state index is 13.2. The molecule has 2 amide bonds. The third-order valence-corrected chi connectivity index (χ3v) is 9.60. The monoisotopic (exact) mass is 632 g/mol. The molecule has 0 aliphatic carbocycles. The number of carbonyl (C=O) groups is 3. The molecule has 1 fully saturated rings. The van der Waals surface area contributed by atoms with Crippen molar-refractivity contribution in [1.29, 1.82) is 0 Å². The number of rotatable bonds is 11. The van der Waals surface area contributed by atoms with Gasteiger partial charge in [0, 0.05) is 45.5 Å². The van der Waals surface area contributed by atoms with Crippen molar-refractivity contribution in [2.75, 3.05) is 19.5 Å². The molecule has 5 rings (SSSR count). The number of ether oxygens (including phenoxy) is 1. The number of thiazole rings is 1. The normalized spacial score (nSPS) is 18.7. The summed E-state index contributed by atoms with van der Waals surface area (Å²) < 4.78 is 9.50. The van der Waals surface area contributed by atoms with Gasteiger partial charge in [-0.25, -0.2) is 9.78 Å². The molecule has 14 nitrogen and oxygen atoms in total. The fourth-order valence-electron chi connectivity index (χ4n) is 3.72. The van der Waals surface area contributed by atoms with E-state index in [0.717, 1.165) is 22.8 Å². The molecule has 0 radical (unpaired) electrons. The van der Waals surface area contributed by atoms with E-state index >= 15 is 0 Å². The Morgan fingerprint density at radius 2 is 2.12 bits per heavy atom. The van der Waals surface area contributed by atoms with Crippen molar-refractivity contribution >= 4 is 81.4 Å². The highest BCUT2D eigenvalue weighted by Gasteiger charge is 2.54. The Kier molecular flexibility index (Phi) is 8.91. The smallest absolute Gasteiger partial charge is 0.353 e. The van der Waals surface area contributed by atoms with E-state index in [2.05, 4.69) is 34.8 Å². The second-order valence-electron chi connectivity index (χ2n) is 8.00. The first-order chi connectivity index (χ1) is 19.9. The van der Waals surface area contributed by atoms with Crippen molar-refractivity contribution in [3.8, 4) is 11.3 Å². The summed E-state index contributed by atoms with van der Waals surface area (Å²) in [6.07, 6.45) is 4.51. The van der Waals surface area contributed by atoms with Crippen LogP contribution in [0.1, 0.15) is 12.7 Å². The lowest BCUT2D eigenvalue weighted by atomic mass is 10.0. The SMILES string of the molecule is CCO/N=C(\C(=O)N[C@@H]1C(=O)N2C(C(=O)O)=C(Sc3nc(-c4ccncc4)cs3)CS[C@H]12)c1nsc(N=COC)n1. The maximum atomic E-state index is 13.2. The summed E-state index contributed by atoms with van der Waals surface area (Å²) >= 11 is 4.84. The van der Waals surface area contributed by atoms with Gasteiger partial charge < -0.3 is 20.0 Å². The number of nitrogens with one attached hydrogen (secondary N) is 1. The van der Waals surface area contributed by atoms with E-state index < -0.39 is 29.2 Å². The van der Waals surface area contributed by atoms with Crippen LogP contribution in [-0.2, 0) is 24.0 Å². The zero-order chi connectivity index (χ0) is 28.9. The average Bonchev–Trinajstić information content (AvgIpc) is 3.65. The van der Waals surface area contributed by atoms with E-state index in [1.165, 1.54) is 53.3 Å². The van der Waals surface area contributed by atoms with Crippen molar-refractivity contribution in [3.63, 3.8) is 0 Å². The number of hydrogen-bond donors (Lipinski definition) is 2. The Hall–Kier alpha value is -3.87. The summed E-state index contributed by atoms with van der Waals surface area (Å²) in [5.41, 5.74) is 1.27. The van der Waals surface area contributed by atoms with Crippen LogP contribution in [0, 0.1) is 0 Å². The summed E-state index contributed by atoms with van der Waals surface area (Å²) in [6.45, 7) is 1.87. The fourth-order valence-corrected chi connectivity index (χ4v) is 7.69. The number of amides is 2. The number of nitrogens with zero attached hydrogens (tertiary/aromatic N) is 7. The van der Waals surface area contributed by atoms with Crippen molar-refractivity contribution < 1.29 is 29.1 Å². The molecule has 1 saturated heterocycles. The first-order valence-corrected chi connectivity index (χ1v) is 15.3. The molecule has 2 aliphatic rings. The molecule has 0 unspecified atom stereocenters. The number of fused-ring (bicyclic) bond motifs is 1. The minimum atomic E-state index is -1.24. The van der Waals surface area contributed by atoms with Gasteiger partial charge in [0.25, 0.3) is 11.8 Å². The molecule has 18 heteroatoms. The number of carboxylic acids is 1. The minimum absolute atomic E-state index is 0.0384. The second kappa shape index (κ2) is 12.8. The lowest BCUT2D eigenvalue weighted by Crippen LogP contribution is -2.71.